The van der Waals surface area contributed by atoms with Gasteiger partial charge in [0, 0.05) is 19.3 Å². The Balaban J connectivity index is 2.20. The summed E-state index contributed by atoms with van der Waals surface area (Å²) in [7, 11) is 1.33. The molecule has 2 heterocycles. The van der Waals surface area contributed by atoms with E-state index in [1.165, 1.54) is 18.2 Å². The number of methoxy groups -OCH3 is 1. The molecule has 0 aliphatic carbocycles. The van der Waals surface area contributed by atoms with E-state index in [9.17, 15) is 9.59 Å². The van der Waals surface area contributed by atoms with Crippen LogP contribution < -0.4 is 0 Å². The lowest BCUT2D eigenvalue weighted by molar-refractivity contribution is -0.146. The van der Waals surface area contributed by atoms with Crippen molar-refractivity contribution in [1.29, 1.82) is 0 Å². The zero-order valence-corrected chi connectivity index (χ0v) is 13.5. The van der Waals surface area contributed by atoms with E-state index < -0.39 is 0 Å². The standard InChI is InChI=1S/C13H13Cl3N2O3/c1-21-13(20)7-3-2-4-18(6-7)12(19)11-10(16)9(15)8(14)5-17-11/h5,7H,2-4,6H2,1H3/t7-/m0/s1. The molecule has 5 nitrogen and oxygen atoms in total. The Morgan fingerprint density at radius 2 is 2.05 bits per heavy atom. The average Bonchev–Trinajstić information content (AvgIpc) is 2.51. The van der Waals surface area contributed by atoms with Crippen molar-refractivity contribution in [1.82, 2.24) is 9.88 Å². The summed E-state index contributed by atoms with van der Waals surface area (Å²) >= 11 is 17.7. The van der Waals surface area contributed by atoms with Gasteiger partial charge in [-0.3, -0.25) is 9.59 Å². The molecule has 1 saturated heterocycles. The Bertz CT molecular complexity index is 580. The minimum Gasteiger partial charge on any atom is -0.469 e. The summed E-state index contributed by atoms with van der Waals surface area (Å²) in [5.74, 6) is -1.01. The number of likely N-dealkylation sites (tertiary alicyclic amines) is 1. The van der Waals surface area contributed by atoms with E-state index in [4.69, 9.17) is 39.5 Å². The van der Waals surface area contributed by atoms with Crippen molar-refractivity contribution in [3.63, 3.8) is 0 Å². The second-order valence-electron chi connectivity index (χ2n) is 4.70. The molecule has 114 valence electrons. The molecule has 1 fully saturated rings. The smallest absolute Gasteiger partial charge is 0.310 e. The minimum atomic E-state index is -0.368. The zero-order chi connectivity index (χ0) is 15.6. The molecule has 0 aromatic carbocycles. The van der Waals surface area contributed by atoms with Crippen LogP contribution in [0.15, 0.2) is 6.20 Å². The first kappa shape index (κ1) is 16.3. The largest absolute Gasteiger partial charge is 0.469 e. The Hall–Kier alpha value is -1.04. The lowest BCUT2D eigenvalue weighted by atomic mass is 9.98. The van der Waals surface area contributed by atoms with Gasteiger partial charge < -0.3 is 9.64 Å². The summed E-state index contributed by atoms with van der Waals surface area (Å²) in [6.07, 6.45) is 2.69. The molecule has 0 bridgehead atoms. The summed E-state index contributed by atoms with van der Waals surface area (Å²) in [6, 6.07) is 0. The number of ether oxygens (including phenoxy) is 1. The molecule has 0 saturated carbocycles. The van der Waals surface area contributed by atoms with Crippen molar-refractivity contribution in [2.24, 2.45) is 5.92 Å². The minimum absolute atomic E-state index is 0.0226. The van der Waals surface area contributed by atoms with Crippen molar-refractivity contribution in [2.45, 2.75) is 12.8 Å². The normalized spacial score (nSPS) is 18.5. The summed E-state index contributed by atoms with van der Waals surface area (Å²) in [4.78, 5) is 29.5. The van der Waals surface area contributed by atoms with E-state index in [1.54, 1.807) is 0 Å². The van der Waals surface area contributed by atoms with Crippen LogP contribution in [-0.4, -0.2) is 42.0 Å². The molecular formula is C13H13Cl3N2O3. The van der Waals surface area contributed by atoms with Crippen LogP contribution in [0.3, 0.4) is 0 Å². The maximum absolute atomic E-state index is 12.5. The maximum Gasteiger partial charge on any atom is 0.310 e. The van der Waals surface area contributed by atoms with Gasteiger partial charge in [-0.05, 0) is 12.8 Å². The van der Waals surface area contributed by atoms with Crippen LogP contribution in [0.2, 0.25) is 15.1 Å². The van der Waals surface area contributed by atoms with Crippen LogP contribution in [0.4, 0.5) is 0 Å². The van der Waals surface area contributed by atoms with Gasteiger partial charge in [0.05, 0.1) is 28.1 Å². The summed E-state index contributed by atoms with van der Waals surface area (Å²) in [6.45, 7) is 0.814. The molecule has 21 heavy (non-hydrogen) atoms. The van der Waals surface area contributed by atoms with Gasteiger partial charge in [-0.25, -0.2) is 4.98 Å². The number of carbonyl (C=O) groups excluding carboxylic acids is 2. The van der Waals surface area contributed by atoms with Gasteiger partial charge in [-0.15, -0.1) is 0 Å². The predicted octanol–water partition coefficient (Wildman–Crippen LogP) is 3.07. The number of amides is 1. The fourth-order valence-electron chi connectivity index (χ4n) is 2.26. The SMILES string of the molecule is COC(=O)[C@H]1CCCN(C(=O)c2ncc(Cl)c(Cl)c2Cl)C1. The number of rotatable bonds is 2. The topological polar surface area (TPSA) is 59.5 Å². The summed E-state index contributed by atoms with van der Waals surface area (Å²) < 4.78 is 4.72. The van der Waals surface area contributed by atoms with Crippen LogP contribution in [0.1, 0.15) is 23.3 Å². The van der Waals surface area contributed by atoms with Gasteiger partial charge in [0.15, 0.2) is 0 Å². The molecule has 0 N–H and O–H groups in total. The molecule has 1 aliphatic heterocycles. The van der Waals surface area contributed by atoms with Crippen molar-refractivity contribution < 1.29 is 14.3 Å². The molecule has 1 aromatic rings. The van der Waals surface area contributed by atoms with Crippen LogP contribution >= 0.6 is 34.8 Å². The third-order valence-corrected chi connectivity index (χ3v) is 4.60. The Kier molecular flexibility index (Phi) is 5.30. The van der Waals surface area contributed by atoms with Crippen LogP contribution in [-0.2, 0) is 9.53 Å². The molecular weight excluding hydrogens is 339 g/mol. The summed E-state index contributed by atoms with van der Waals surface area (Å²) in [5, 5.41) is 0.303. The Labute approximate surface area is 137 Å². The first-order valence-corrected chi connectivity index (χ1v) is 7.45. The number of carbonyl (C=O) groups is 2. The highest BCUT2D eigenvalue weighted by atomic mass is 35.5. The molecule has 2 rings (SSSR count). The second kappa shape index (κ2) is 6.81. The lowest BCUT2D eigenvalue weighted by Crippen LogP contribution is -2.43. The number of aromatic nitrogens is 1. The third-order valence-electron chi connectivity index (χ3n) is 3.36. The van der Waals surface area contributed by atoms with Gasteiger partial charge in [-0.1, -0.05) is 34.8 Å². The predicted molar refractivity (Wildman–Crippen MR) is 79.9 cm³/mol. The summed E-state index contributed by atoms with van der Waals surface area (Å²) in [5.41, 5.74) is 0.0385. The van der Waals surface area contributed by atoms with E-state index in [-0.39, 0.29) is 45.1 Å². The third kappa shape index (κ3) is 3.42. The number of hydrogen-bond acceptors (Lipinski definition) is 4. The molecule has 0 radical (unpaired) electrons. The van der Waals surface area contributed by atoms with Gasteiger partial charge >= 0.3 is 5.97 Å². The lowest BCUT2D eigenvalue weighted by Gasteiger charge is -2.31. The molecule has 1 aliphatic rings. The average molecular weight is 352 g/mol. The number of hydrogen-bond donors (Lipinski definition) is 0. The quantitative estimate of drug-likeness (QED) is 0.768. The molecule has 1 amide bonds. The van der Waals surface area contributed by atoms with Gasteiger partial charge in [-0.2, -0.15) is 0 Å². The van der Waals surface area contributed by atoms with E-state index in [0.717, 1.165) is 0 Å². The van der Waals surface area contributed by atoms with Crippen molar-refractivity contribution in [2.75, 3.05) is 20.2 Å². The van der Waals surface area contributed by atoms with Gasteiger partial charge in [0.1, 0.15) is 5.69 Å². The Morgan fingerprint density at radius 1 is 1.33 bits per heavy atom. The van der Waals surface area contributed by atoms with E-state index in [1.807, 2.05) is 0 Å². The maximum atomic E-state index is 12.5. The van der Waals surface area contributed by atoms with E-state index in [2.05, 4.69) is 4.98 Å². The van der Waals surface area contributed by atoms with Crippen LogP contribution in [0.25, 0.3) is 0 Å². The second-order valence-corrected chi connectivity index (χ2v) is 5.86. The van der Waals surface area contributed by atoms with Gasteiger partial charge in [0.2, 0.25) is 0 Å². The highest BCUT2D eigenvalue weighted by Crippen LogP contribution is 2.32. The molecule has 0 unspecified atom stereocenters. The first-order chi connectivity index (χ1) is 9.95. The first-order valence-electron chi connectivity index (χ1n) is 6.32. The molecule has 8 heteroatoms. The number of halogens is 3. The number of piperidine rings is 1. The van der Waals surface area contributed by atoms with E-state index >= 15 is 0 Å². The zero-order valence-electron chi connectivity index (χ0n) is 11.2. The van der Waals surface area contributed by atoms with E-state index in [0.29, 0.717) is 19.4 Å². The number of nitrogens with zero attached hydrogens (tertiary/aromatic N) is 2. The number of pyridine rings is 1. The van der Waals surface area contributed by atoms with Crippen molar-refractivity contribution in [3.8, 4) is 0 Å². The van der Waals surface area contributed by atoms with Crippen molar-refractivity contribution >= 4 is 46.7 Å². The van der Waals surface area contributed by atoms with Crippen LogP contribution in [0.5, 0.6) is 0 Å². The molecule has 1 atom stereocenters. The molecule has 0 spiro atoms. The van der Waals surface area contributed by atoms with Gasteiger partial charge in [0.25, 0.3) is 5.91 Å². The van der Waals surface area contributed by atoms with Crippen LogP contribution in [0, 0.1) is 5.92 Å². The highest BCUT2D eigenvalue weighted by Gasteiger charge is 2.31. The monoisotopic (exact) mass is 350 g/mol. The Morgan fingerprint density at radius 3 is 2.71 bits per heavy atom. The fourth-order valence-corrected chi connectivity index (χ4v) is 2.82. The van der Waals surface area contributed by atoms with Crippen molar-refractivity contribution in [3.05, 3.63) is 27.0 Å². The highest BCUT2D eigenvalue weighted by molar-refractivity contribution is 6.48. The molecule has 1 aromatic heterocycles. The number of esters is 1. The fraction of sp³-hybridized carbons (Fsp3) is 0.462.